The summed E-state index contributed by atoms with van der Waals surface area (Å²) in [5, 5.41) is 4.03. The lowest BCUT2D eigenvalue weighted by molar-refractivity contribution is 0.190. The van der Waals surface area contributed by atoms with E-state index in [0.29, 0.717) is 32.1 Å². The van der Waals surface area contributed by atoms with Crippen LogP contribution in [0.25, 0.3) is 0 Å². The van der Waals surface area contributed by atoms with E-state index < -0.39 is 0 Å². The fourth-order valence-corrected chi connectivity index (χ4v) is 1.35. The highest BCUT2D eigenvalue weighted by Crippen LogP contribution is 2.03. The average molecular weight is 241 g/mol. The van der Waals surface area contributed by atoms with Crippen LogP contribution < -0.4 is 16.0 Å². The largest absolute Gasteiger partial charge is 0.490 e. The smallest absolute Gasteiger partial charge is 0.270 e. The van der Waals surface area contributed by atoms with E-state index in [1.165, 1.54) is 16.9 Å². The number of unbranched alkanes of at least 4 members (excludes halogenated alkanes) is 1. The third-order valence-electron chi connectivity index (χ3n) is 2.20. The highest BCUT2D eigenvalue weighted by atomic mass is 16.5. The minimum absolute atomic E-state index is 0.156. The molecule has 0 aliphatic rings. The second kappa shape index (κ2) is 7.81. The van der Waals surface area contributed by atoms with Crippen molar-refractivity contribution < 1.29 is 9.47 Å². The predicted octanol–water partition coefficient (Wildman–Crippen LogP) is 0.00740. The molecule has 0 unspecified atom stereocenters. The van der Waals surface area contributed by atoms with Gasteiger partial charge in [-0.3, -0.25) is 4.79 Å². The Balaban J connectivity index is 2.48. The summed E-state index contributed by atoms with van der Waals surface area (Å²) in [7, 11) is 1.66. The number of nitrogens with zero attached hydrogens (tertiary/aromatic N) is 2. The molecule has 0 radical (unpaired) electrons. The number of methoxy groups -OCH3 is 1. The zero-order valence-electron chi connectivity index (χ0n) is 10.1. The molecular weight excluding hydrogens is 222 g/mol. The Labute approximate surface area is 100 Å². The molecule has 0 spiro atoms. The molecule has 2 N–H and O–H groups in total. The van der Waals surface area contributed by atoms with Crippen molar-refractivity contribution in [1.82, 2.24) is 9.78 Å². The minimum Gasteiger partial charge on any atom is -0.490 e. The van der Waals surface area contributed by atoms with E-state index in [0.717, 1.165) is 12.8 Å². The summed E-state index contributed by atoms with van der Waals surface area (Å²) in [5.41, 5.74) is 5.14. The average Bonchev–Trinajstić information content (AvgIpc) is 2.34. The summed E-state index contributed by atoms with van der Waals surface area (Å²) in [5.74, 6) is 0.466. The van der Waals surface area contributed by atoms with Gasteiger partial charge in [-0.2, -0.15) is 5.10 Å². The standard InChI is InChI=1S/C11H19N3O3/c1-16-6-3-2-5-14-11(15)8-10(9-13-14)17-7-4-12/h8-9H,2-7,12H2,1H3. The molecule has 0 saturated heterocycles. The maximum Gasteiger partial charge on any atom is 0.270 e. The SMILES string of the molecule is COCCCCn1ncc(OCCN)cc1=O. The van der Waals surface area contributed by atoms with Crippen molar-refractivity contribution in [3.8, 4) is 5.75 Å². The van der Waals surface area contributed by atoms with Crippen molar-refractivity contribution in [2.24, 2.45) is 5.73 Å². The van der Waals surface area contributed by atoms with Crippen molar-refractivity contribution in [1.29, 1.82) is 0 Å². The van der Waals surface area contributed by atoms with Crippen LogP contribution >= 0.6 is 0 Å². The Morgan fingerprint density at radius 2 is 2.24 bits per heavy atom. The summed E-state index contributed by atoms with van der Waals surface area (Å²) in [6.07, 6.45) is 3.31. The first-order chi connectivity index (χ1) is 8.27. The van der Waals surface area contributed by atoms with E-state index >= 15 is 0 Å². The number of hydrogen-bond donors (Lipinski definition) is 1. The first-order valence-electron chi connectivity index (χ1n) is 5.67. The number of aromatic nitrogens is 2. The quantitative estimate of drug-likeness (QED) is 0.648. The van der Waals surface area contributed by atoms with Gasteiger partial charge in [-0.05, 0) is 12.8 Å². The minimum atomic E-state index is -0.156. The molecule has 6 nitrogen and oxygen atoms in total. The van der Waals surface area contributed by atoms with Crippen molar-refractivity contribution in [3.05, 3.63) is 22.6 Å². The number of hydrogen-bond acceptors (Lipinski definition) is 5. The van der Waals surface area contributed by atoms with E-state index in [9.17, 15) is 4.79 Å². The van der Waals surface area contributed by atoms with Gasteiger partial charge in [-0.15, -0.1) is 0 Å². The molecule has 0 atom stereocenters. The molecule has 1 aromatic heterocycles. The number of rotatable bonds is 8. The zero-order valence-corrected chi connectivity index (χ0v) is 10.1. The summed E-state index contributed by atoms with van der Waals surface area (Å²) < 4.78 is 11.6. The Bertz CT molecular complexity index is 378. The van der Waals surface area contributed by atoms with Crippen LogP contribution in [0.5, 0.6) is 5.75 Å². The highest BCUT2D eigenvalue weighted by molar-refractivity contribution is 5.13. The highest BCUT2D eigenvalue weighted by Gasteiger charge is 2.00. The van der Waals surface area contributed by atoms with Crippen LogP contribution in [0.1, 0.15) is 12.8 Å². The lowest BCUT2D eigenvalue weighted by Crippen LogP contribution is -2.22. The van der Waals surface area contributed by atoms with Gasteiger partial charge in [-0.1, -0.05) is 0 Å². The molecule has 0 aromatic carbocycles. The lowest BCUT2D eigenvalue weighted by atomic mass is 10.3. The monoisotopic (exact) mass is 241 g/mol. The van der Waals surface area contributed by atoms with Crippen LogP contribution in [-0.2, 0) is 11.3 Å². The van der Waals surface area contributed by atoms with Gasteiger partial charge < -0.3 is 15.2 Å². The molecule has 0 bridgehead atoms. The van der Waals surface area contributed by atoms with Crippen LogP contribution in [0.2, 0.25) is 0 Å². The number of ether oxygens (including phenoxy) is 2. The summed E-state index contributed by atoms with van der Waals surface area (Å²) in [6, 6.07) is 1.43. The lowest BCUT2D eigenvalue weighted by Gasteiger charge is -2.06. The Morgan fingerprint density at radius 1 is 1.41 bits per heavy atom. The summed E-state index contributed by atoms with van der Waals surface area (Å²) in [6.45, 7) is 2.10. The van der Waals surface area contributed by atoms with E-state index in [-0.39, 0.29) is 5.56 Å². The molecule has 0 aliphatic heterocycles. The normalized spacial score (nSPS) is 10.5. The number of aryl methyl sites for hydroxylation is 1. The van der Waals surface area contributed by atoms with Gasteiger partial charge in [0.25, 0.3) is 5.56 Å². The topological polar surface area (TPSA) is 79.4 Å². The van der Waals surface area contributed by atoms with Crippen LogP contribution in [0.15, 0.2) is 17.1 Å². The first kappa shape index (κ1) is 13.7. The third-order valence-corrected chi connectivity index (χ3v) is 2.20. The van der Waals surface area contributed by atoms with E-state index in [1.54, 1.807) is 7.11 Å². The van der Waals surface area contributed by atoms with Crippen molar-refractivity contribution in [2.75, 3.05) is 26.9 Å². The molecule has 1 heterocycles. The zero-order chi connectivity index (χ0) is 12.5. The fraction of sp³-hybridized carbons (Fsp3) is 0.636. The van der Waals surface area contributed by atoms with Gasteiger partial charge in [-0.25, -0.2) is 4.68 Å². The van der Waals surface area contributed by atoms with Crippen LogP contribution in [0, 0.1) is 0 Å². The van der Waals surface area contributed by atoms with Gasteiger partial charge >= 0.3 is 0 Å². The predicted molar refractivity (Wildman–Crippen MR) is 64.2 cm³/mol. The Morgan fingerprint density at radius 3 is 2.88 bits per heavy atom. The summed E-state index contributed by atoms with van der Waals surface area (Å²) >= 11 is 0. The van der Waals surface area contributed by atoms with Gasteiger partial charge in [0.15, 0.2) is 0 Å². The molecule has 1 aromatic rings. The van der Waals surface area contributed by atoms with Crippen molar-refractivity contribution in [2.45, 2.75) is 19.4 Å². The summed E-state index contributed by atoms with van der Waals surface area (Å²) in [4.78, 5) is 11.6. The van der Waals surface area contributed by atoms with Crippen LogP contribution in [0.3, 0.4) is 0 Å². The molecule has 1 rings (SSSR count). The maximum absolute atomic E-state index is 11.6. The molecule has 0 saturated carbocycles. The molecule has 96 valence electrons. The van der Waals surface area contributed by atoms with E-state index in [2.05, 4.69) is 5.10 Å². The molecule has 17 heavy (non-hydrogen) atoms. The van der Waals surface area contributed by atoms with Crippen LogP contribution in [-0.4, -0.2) is 36.6 Å². The van der Waals surface area contributed by atoms with E-state index in [1.807, 2.05) is 0 Å². The second-order valence-corrected chi connectivity index (χ2v) is 3.59. The molecule has 0 fully saturated rings. The van der Waals surface area contributed by atoms with E-state index in [4.69, 9.17) is 15.2 Å². The van der Waals surface area contributed by atoms with Gasteiger partial charge in [0.2, 0.25) is 0 Å². The Kier molecular flexibility index (Phi) is 6.27. The third kappa shape index (κ3) is 4.97. The van der Waals surface area contributed by atoms with Crippen molar-refractivity contribution in [3.63, 3.8) is 0 Å². The van der Waals surface area contributed by atoms with Gasteiger partial charge in [0, 0.05) is 32.9 Å². The molecule has 0 amide bonds. The maximum atomic E-state index is 11.6. The Hall–Kier alpha value is -1.40. The molecular formula is C11H19N3O3. The first-order valence-corrected chi connectivity index (χ1v) is 5.67. The van der Waals surface area contributed by atoms with Crippen LogP contribution in [0.4, 0.5) is 0 Å². The van der Waals surface area contributed by atoms with Gasteiger partial charge in [0.1, 0.15) is 12.4 Å². The fourth-order valence-electron chi connectivity index (χ4n) is 1.35. The molecule has 6 heteroatoms. The second-order valence-electron chi connectivity index (χ2n) is 3.59. The van der Waals surface area contributed by atoms with Gasteiger partial charge in [0.05, 0.1) is 6.20 Å². The van der Waals surface area contributed by atoms with Crippen molar-refractivity contribution >= 4 is 0 Å². The number of nitrogens with two attached hydrogens (primary N) is 1. The molecule has 0 aliphatic carbocycles.